The van der Waals surface area contributed by atoms with Crippen LogP contribution in [0.3, 0.4) is 0 Å². The van der Waals surface area contributed by atoms with Crippen LogP contribution < -0.4 is 10.4 Å². The first-order chi connectivity index (χ1) is 12.8. The second-order valence-corrected chi connectivity index (χ2v) is 6.36. The minimum absolute atomic E-state index is 0.00824. The number of carbonyl (C=O) groups is 1. The van der Waals surface area contributed by atoms with Crippen LogP contribution in [-0.4, -0.2) is 10.8 Å². The third-order valence-corrected chi connectivity index (χ3v) is 4.27. The van der Waals surface area contributed by atoms with Crippen LogP contribution in [0.1, 0.15) is 16.1 Å². The molecule has 0 spiro atoms. The van der Waals surface area contributed by atoms with Gasteiger partial charge in [0, 0.05) is 29.3 Å². The van der Waals surface area contributed by atoms with Crippen molar-refractivity contribution in [2.75, 3.05) is 0 Å². The molecule has 0 unspecified atom stereocenters. The highest BCUT2D eigenvalue weighted by Gasteiger charge is 2.15. The SMILES string of the molecule is O=C(NCc1cc([N+](=O)[O-])ccc1[O-])c1ccc(-c2ccc(Cl)cc2Cl)o1. The molecule has 3 rings (SSSR count). The molecule has 0 aliphatic rings. The zero-order valence-corrected chi connectivity index (χ0v) is 15.1. The number of non-ortho nitro benzene ring substituents is 1. The van der Waals surface area contributed by atoms with E-state index in [4.69, 9.17) is 27.6 Å². The minimum Gasteiger partial charge on any atom is -0.872 e. The summed E-state index contributed by atoms with van der Waals surface area (Å²) in [5.74, 6) is -0.596. The number of nitro groups is 1. The lowest BCUT2D eigenvalue weighted by Gasteiger charge is -2.13. The Hall–Kier alpha value is -3.03. The number of nitrogens with one attached hydrogen (secondary N) is 1. The van der Waals surface area contributed by atoms with Gasteiger partial charge in [0.05, 0.1) is 9.95 Å². The summed E-state index contributed by atoms with van der Waals surface area (Å²) in [4.78, 5) is 22.4. The maximum absolute atomic E-state index is 12.2. The highest BCUT2D eigenvalue weighted by molar-refractivity contribution is 6.36. The van der Waals surface area contributed by atoms with Gasteiger partial charge in [-0.2, -0.15) is 0 Å². The first-order valence-electron chi connectivity index (χ1n) is 7.63. The number of carbonyl (C=O) groups excluding carboxylic acids is 1. The van der Waals surface area contributed by atoms with Gasteiger partial charge in [-0.3, -0.25) is 14.9 Å². The van der Waals surface area contributed by atoms with Crippen LogP contribution in [0.15, 0.2) is 52.9 Å². The summed E-state index contributed by atoms with van der Waals surface area (Å²) in [7, 11) is 0. The van der Waals surface area contributed by atoms with Gasteiger partial charge in [0.15, 0.2) is 5.76 Å². The monoisotopic (exact) mass is 405 g/mol. The Morgan fingerprint density at radius 2 is 1.89 bits per heavy atom. The molecule has 1 amide bonds. The summed E-state index contributed by atoms with van der Waals surface area (Å²) in [6, 6.07) is 11.2. The molecule has 0 bridgehead atoms. The Kier molecular flexibility index (Phi) is 5.34. The molecule has 0 saturated carbocycles. The number of hydrogen-bond acceptors (Lipinski definition) is 5. The van der Waals surface area contributed by atoms with Crippen LogP contribution in [0.4, 0.5) is 5.69 Å². The van der Waals surface area contributed by atoms with Gasteiger partial charge in [-0.05, 0) is 35.9 Å². The van der Waals surface area contributed by atoms with Gasteiger partial charge in [0.25, 0.3) is 11.6 Å². The molecule has 1 N–H and O–H groups in total. The number of rotatable bonds is 5. The molecule has 1 heterocycles. The average Bonchev–Trinajstić information content (AvgIpc) is 3.10. The fourth-order valence-corrected chi connectivity index (χ4v) is 2.88. The Labute approximate surface area is 163 Å². The van der Waals surface area contributed by atoms with Gasteiger partial charge < -0.3 is 14.8 Å². The molecular weight excluding hydrogens is 395 g/mol. The zero-order chi connectivity index (χ0) is 19.6. The Balaban J connectivity index is 1.74. The first-order valence-corrected chi connectivity index (χ1v) is 8.38. The number of furan rings is 1. The van der Waals surface area contributed by atoms with Crippen molar-refractivity contribution in [2.45, 2.75) is 6.54 Å². The van der Waals surface area contributed by atoms with E-state index in [1.165, 1.54) is 6.07 Å². The highest BCUT2D eigenvalue weighted by Crippen LogP contribution is 2.31. The first kappa shape index (κ1) is 18.8. The molecule has 0 radical (unpaired) electrons. The summed E-state index contributed by atoms with van der Waals surface area (Å²) in [6.45, 7) is -0.170. The molecule has 0 aliphatic heterocycles. The molecule has 0 fully saturated rings. The van der Waals surface area contributed by atoms with Crippen molar-refractivity contribution >= 4 is 34.8 Å². The average molecular weight is 406 g/mol. The van der Waals surface area contributed by atoms with Crippen molar-refractivity contribution in [2.24, 2.45) is 0 Å². The molecule has 0 atom stereocenters. The van der Waals surface area contributed by atoms with Gasteiger partial charge in [0.1, 0.15) is 5.76 Å². The third-order valence-electron chi connectivity index (χ3n) is 3.72. The topological polar surface area (TPSA) is 108 Å². The second kappa shape index (κ2) is 7.69. The third kappa shape index (κ3) is 4.21. The second-order valence-electron chi connectivity index (χ2n) is 5.52. The number of amides is 1. The van der Waals surface area contributed by atoms with E-state index in [9.17, 15) is 20.0 Å². The maximum Gasteiger partial charge on any atom is 0.287 e. The van der Waals surface area contributed by atoms with Crippen molar-refractivity contribution in [1.29, 1.82) is 0 Å². The molecule has 2 aromatic carbocycles. The predicted molar refractivity (Wildman–Crippen MR) is 97.9 cm³/mol. The van der Waals surface area contributed by atoms with Gasteiger partial charge in [-0.15, -0.1) is 5.75 Å². The zero-order valence-electron chi connectivity index (χ0n) is 13.6. The quantitative estimate of drug-likeness (QED) is 0.506. The molecular formula is C18H11Cl2N2O5-. The van der Waals surface area contributed by atoms with Crippen molar-refractivity contribution < 1.29 is 19.2 Å². The summed E-state index contributed by atoms with van der Waals surface area (Å²) >= 11 is 12.0. The maximum atomic E-state index is 12.2. The summed E-state index contributed by atoms with van der Waals surface area (Å²) < 4.78 is 5.51. The van der Waals surface area contributed by atoms with E-state index < -0.39 is 16.6 Å². The van der Waals surface area contributed by atoms with Crippen LogP contribution in [0.5, 0.6) is 5.75 Å². The fraction of sp³-hybridized carbons (Fsp3) is 0.0556. The molecule has 27 heavy (non-hydrogen) atoms. The van der Waals surface area contributed by atoms with Gasteiger partial charge >= 0.3 is 0 Å². The van der Waals surface area contributed by atoms with Crippen LogP contribution in [-0.2, 0) is 6.54 Å². The normalized spacial score (nSPS) is 10.6. The molecule has 0 aliphatic carbocycles. The largest absolute Gasteiger partial charge is 0.872 e. The molecule has 0 saturated heterocycles. The van der Waals surface area contributed by atoms with E-state index >= 15 is 0 Å². The van der Waals surface area contributed by atoms with Crippen molar-refractivity contribution in [3.63, 3.8) is 0 Å². The number of nitrogens with zero attached hydrogens (tertiary/aromatic N) is 1. The van der Waals surface area contributed by atoms with Crippen LogP contribution in [0, 0.1) is 10.1 Å². The van der Waals surface area contributed by atoms with E-state index in [0.717, 1.165) is 18.2 Å². The number of hydrogen-bond donors (Lipinski definition) is 1. The van der Waals surface area contributed by atoms with Crippen molar-refractivity contribution in [3.05, 3.63) is 80.0 Å². The molecule has 3 aromatic rings. The van der Waals surface area contributed by atoms with E-state index in [2.05, 4.69) is 5.32 Å². The Bertz CT molecular complexity index is 1030. The Morgan fingerprint density at radius 3 is 2.59 bits per heavy atom. The van der Waals surface area contributed by atoms with Gasteiger partial charge in [-0.25, -0.2) is 0 Å². The number of halogens is 2. The number of nitro benzene ring substituents is 1. The molecule has 9 heteroatoms. The van der Waals surface area contributed by atoms with Gasteiger partial charge in [-0.1, -0.05) is 29.3 Å². The lowest BCUT2D eigenvalue weighted by atomic mass is 10.1. The molecule has 138 valence electrons. The van der Waals surface area contributed by atoms with Crippen molar-refractivity contribution in [3.8, 4) is 17.1 Å². The lowest BCUT2D eigenvalue weighted by Crippen LogP contribution is -2.23. The van der Waals surface area contributed by atoms with Crippen LogP contribution in [0.2, 0.25) is 10.0 Å². The number of benzene rings is 2. The highest BCUT2D eigenvalue weighted by atomic mass is 35.5. The Morgan fingerprint density at radius 1 is 1.11 bits per heavy atom. The lowest BCUT2D eigenvalue weighted by molar-refractivity contribution is -0.385. The van der Waals surface area contributed by atoms with Crippen LogP contribution in [0.25, 0.3) is 11.3 Å². The molecule has 7 nitrogen and oxygen atoms in total. The standard InChI is InChI=1S/C18H12Cl2N2O5/c19-11-1-3-13(14(20)8-11)16-5-6-17(27-16)18(24)21-9-10-7-12(22(25)26)2-4-15(10)23/h1-8,23H,9H2,(H,21,24)/p-1. The predicted octanol–water partition coefficient (Wildman–Crippen LogP) is 4.17. The smallest absolute Gasteiger partial charge is 0.287 e. The molecule has 1 aromatic heterocycles. The van der Waals surface area contributed by atoms with Crippen molar-refractivity contribution in [1.82, 2.24) is 5.32 Å². The minimum atomic E-state index is -0.612. The van der Waals surface area contributed by atoms with Gasteiger partial charge in [0.2, 0.25) is 0 Å². The van der Waals surface area contributed by atoms with Crippen LogP contribution >= 0.6 is 23.2 Å². The van der Waals surface area contributed by atoms with E-state index in [1.54, 1.807) is 24.3 Å². The summed E-state index contributed by atoms with van der Waals surface area (Å²) in [5.41, 5.74) is 0.447. The van der Waals surface area contributed by atoms with E-state index in [1.807, 2.05) is 0 Å². The van der Waals surface area contributed by atoms with E-state index in [-0.39, 0.29) is 23.6 Å². The summed E-state index contributed by atoms with van der Waals surface area (Å²) in [5, 5.41) is 25.9. The summed E-state index contributed by atoms with van der Waals surface area (Å²) in [6.07, 6.45) is 0. The van der Waals surface area contributed by atoms with E-state index in [0.29, 0.717) is 21.4 Å². The fourth-order valence-electron chi connectivity index (χ4n) is 2.37.